The number of sulfonamides is 1. The Balaban J connectivity index is 1.96. The minimum Gasteiger partial charge on any atom is -0.341 e. The number of hydrogen-bond acceptors (Lipinski definition) is 3. The van der Waals surface area contributed by atoms with E-state index in [9.17, 15) is 13.2 Å². The van der Waals surface area contributed by atoms with Crippen molar-refractivity contribution in [1.82, 2.24) is 4.90 Å². The van der Waals surface area contributed by atoms with Crippen LogP contribution in [-0.2, 0) is 14.8 Å². The second-order valence-electron chi connectivity index (χ2n) is 7.20. The first kappa shape index (κ1) is 19.4. The normalized spacial score (nSPS) is 17.6. The van der Waals surface area contributed by atoms with Crippen molar-refractivity contribution in [3.05, 3.63) is 60.2 Å². The number of nitrogens with zero attached hydrogens (tertiary/aromatic N) is 2. The molecule has 1 atom stereocenters. The highest BCUT2D eigenvalue weighted by molar-refractivity contribution is 7.92. The fourth-order valence-electron chi connectivity index (χ4n) is 3.50. The lowest BCUT2D eigenvalue weighted by atomic mass is 10.0. The number of para-hydroxylation sites is 1. The Morgan fingerprint density at radius 1 is 1.11 bits per heavy atom. The van der Waals surface area contributed by atoms with Gasteiger partial charge >= 0.3 is 0 Å². The van der Waals surface area contributed by atoms with Crippen molar-refractivity contribution in [2.45, 2.75) is 31.6 Å². The van der Waals surface area contributed by atoms with E-state index in [2.05, 4.69) is 6.92 Å². The van der Waals surface area contributed by atoms with Gasteiger partial charge in [-0.3, -0.25) is 9.10 Å². The van der Waals surface area contributed by atoms with Crippen LogP contribution in [0.5, 0.6) is 0 Å². The summed E-state index contributed by atoms with van der Waals surface area (Å²) in [7, 11) is -3.84. The summed E-state index contributed by atoms with van der Waals surface area (Å²) < 4.78 is 27.9. The van der Waals surface area contributed by atoms with Gasteiger partial charge in [0.2, 0.25) is 5.91 Å². The van der Waals surface area contributed by atoms with Gasteiger partial charge in [0.05, 0.1) is 10.6 Å². The first-order valence-electron chi connectivity index (χ1n) is 9.31. The van der Waals surface area contributed by atoms with Gasteiger partial charge in [0, 0.05) is 13.1 Å². The van der Waals surface area contributed by atoms with Crippen LogP contribution in [0.25, 0.3) is 0 Å². The number of piperidine rings is 1. The summed E-state index contributed by atoms with van der Waals surface area (Å²) in [5.41, 5.74) is 1.36. The lowest BCUT2D eigenvalue weighted by Crippen LogP contribution is -2.46. The van der Waals surface area contributed by atoms with Gasteiger partial charge in [-0.2, -0.15) is 0 Å². The molecule has 144 valence electrons. The Bertz CT molecular complexity index is 897. The van der Waals surface area contributed by atoms with Crippen molar-refractivity contribution in [3.8, 4) is 0 Å². The minimum absolute atomic E-state index is 0.149. The fraction of sp³-hybridized carbons (Fsp3) is 0.381. The smallest absolute Gasteiger partial charge is 0.264 e. The maximum absolute atomic E-state index is 13.3. The van der Waals surface area contributed by atoms with Crippen molar-refractivity contribution in [3.63, 3.8) is 0 Å². The number of likely N-dealkylation sites (tertiary alicyclic amines) is 1. The van der Waals surface area contributed by atoms with E-state index in [1.807, 2.05) is 19.1 Å². The van der Waals surface area contributed by atoms with Crippen LogP contribution in [0.4, 0.5) is 5.69 Å². The van der Waals surface area contributed by atoms with E-state index in [4.69, 9.17) is 0 Å². The number of rotatable bonds is 5. The minimum atomic E-state index is -3.84. The van der Waals surface area contributed by atoms with Crippen molar-refractivity contribution in [1.29, 1.82) is 0 Å². The van der Waals surface area contributed by atoms with Gasteiger partial charge in [-0.05, 0) is 49.4 Å². The van der Waals surface area contributed by atoms with E-state index in [1.165, 1.54) is 4.31 Å². The third-order valence-electron chi connectivity index (χ3n) is 5.00. The quantitative estimate of drug-likeness (QED) is 0.791. The molecule has 5 nitrogen and oxygen atoms in total. The summed E-state index contributed by atoms with van der Waals surface area (Å²) >= 11 is 0. The molecule has 2 aromatic rings. The standard InChI is InChI=1S/C21H26N2O3S/c1-17-9-8-14-22(15-17)21(24)16-23(20-13-7-6-10-18(20)2)27(25,26)19-11-4-3-5-12-19/h3-7,10-13,17H,8-9,14-16H2,1-2H3/t17-/m0/s1. The Morgan fingerprint density at radius 2 is 1.78 bits per heavy atom. The molecule has 0 radical (unpaired) electrons. The first-order chi connectivity index (χ1) is 12.9. The number of anilines is 1. The van der Waals surface area contributed by atoms with Crippen molar-refractivity contribution < 1.29 is 13.2 Å². The van der Waals surface area contributed by atoms with Gasteiger partial charge in [-0.1, -0.05) is 43.3 Å². The van der Waals surface area contributed by atoms with Gasteiger partial charge < -0.3 is 4.90 Å². The second kappa shape index (κ2) is 8.13. The van der Waals surface area contributed by atoms with Crippen LogP contribution in [0, 0.1) is 12.8 Å². The van der Waals surface area contributed by atoms with Crippen molar-refractivity contribution in [2.24, 2.45) is 5.92 Å². The molecule has 6 heteroatoms. The molecule has 1 aliphatic heterocycles. The molecule has 1 heterocycles. The average molecular weight is 387 g/mol. The van der Waals surface area contributed by atoms with Crippen LogP contribution < -0.4 is 4.31 Å². The summed E-state index contributed by atoms with van der Waals surface area (Å²) in [5.74, 6) is 0.296. The summed E-state index contributed by atoms with van der Waals surface area (Å²) in [6.45, 7) is 5.17. The van der Waals surface area contributed by atoms with Crippen LogP contribution in [-0.4, -0.2) is 38.9 Å². The third-order valence-corrected chi connectivity index (χ3v) is 6.78. The number of aryl methyl sites for hydroxylation is 1. The monoisotopic (exact) mass is 386 g/mol. The van der Waals surface area contributed by atoms with Crippen LogP contribution >= 0.6 is 0 Å². The predicted molar refractivity (Wildman–Crippen MR) is 107 cm³/mol. The maximum Gasteiger partial charge on any atom is 0.264 e. The second-order valence-corrected chi connectivity index (χ2v) is 9.06. The van der Waals surface area contributed by atoms with E-state index >= 15 is 0 Å². The molecule has 0 spiro atoms. The van der Waals surface area contributed by atoms with Crippen LogP contribution in [0.15, 0.2) is 59.5 Å². The van der Waals surface area contributed by atoms with Crippen LogP contribution in [0.1, 0.15) is 25.3 Å². The number of carbonyl (C=O) groups is 1. The number of carbonyl (C=O) groups excluding carboxylic acids is 1. The van der Waals surface area contributed by atoms with Gasteiger partial charge in [0.1, 0.15) is 6.54 Å². The molecule has 2 aromatic carbocycles. The molecular formula is C21H26N2O3S. The van der Waals surface area contributed by atoms with Crippen LogP contribution in [0.3, 0.4) is 0 Å². The third kappa shape index (κ3) is 4.33. The summed E-state index contributed by atoms with van der Waals surface area (Å²) in [6.07, 6.45) is 2.07. The molecular weight excluding hydrogens is 360 g/mol. The lowest BCUT2D eigenvalue weighted by Gasteiger charge is -2.33. The topological polar surface area (TPSA) is 57.7 Å². The predicted octanol–water partition coefficient (Wildman–Crippen LogP) is 3.45. The van der Waals surface area contributed by atoms with E-state index in [0.29, 0.717) is 24.7 Å². The molecule has 1 aliphatic rings. The molecule has 1 saturated heterocycles. The Hall–Kier alpha value is -2.34. The average Bonchev–Trinajstić information content (AvgIpc) is 2.67. The van der Waals surface area contributed by atoms with Gasteiger partial charge in [0.15, 0.2) is 0 Å². The maximum atomic E-state index is 13.3. The Kier molecular flexibility index (Phi) is 5.85. The molecule has 0 bridgehead atoms. The zero-order valence-corrected chi connectivity index (χ0v) is 16.7. The summed E-state index contributed by atoms with van der Waals surface area (Å²) in [5, 5.41) is 0. The first-order valence-corrected chi connectivity index (χ1v) is 10.7. The number of hydrogen-bond donors (Lipinski definition) is 0. The molecule has 0 N–H and O–H groups in total. The molecule has 0 unspecified atom stereocenters. The van der Waals surface area contributed by atoms with Gasteiger partial charge in [-0.25, -0.2) is 8.42 Å². The molecule has 1 amide bonds. The van der Waals surface area contributed by atoms with E-state index < -0.39 is 10.0 Å². The van der Waals surface area contributed by atoms with E-state index in [0.717, 1.165) is 18.4 Å². The summed E-state index contributed by atoms with van der Waals surface area (Å²) in [6, 6.07) is 15.6. The molecule has 3 rings (SSSR count). The molecule has 1 fully saturated rings. The van der Waals surface area contributed by atoms with E-state index in [-0.39, 0.29) is 17.3 Å². The highest BCUT2D eigenvalue weighted by atomic mass is 32.2. The highest BCUT2D eigenvalue weighted by Crippen LogP contribution is 2.27. The zero-order valence-electron chi connectivity index (χ0n) is 15.8. The van der Waals surface area contributed by atoms with Gasteiger partial charge in [0.25, 0.3) is 10.0 Å². The van der Waals surface area contributed by atoms with Crippen LogP contribution in [0.2, 0.25) is 0 Å². The van der Waals surface area contributed by atoms with E-state index in [1.54, 1.807) is 47.4 Å². The molecule has 27 heavy (non-hydrogen) atoms. The fourth-order valence-corrected chi connectivity index (χ4v) is 5.00. The summed E-state index contributed by atoms with van der Waals surface area (Å²) in [4.78, 5) is 14.9. The Morgan fingerprint density at radius 3 is 2.44 bits per heavy atom. The van der Waals surface area contributed by atoms with Crippen molar-refractivity contribution >= 4 is 21.6 Å². The SMILES string of the molecule is Cc1ccccc1N(CC(=O)N1CCC[C@H](C)C1)S(=O)(=O)c1ccccc1. The molecule has 0 saturated carbocycles. The molecule has 0 aliphatic carbocycles. The largest absolute Gasteiger partial charge is 0.341 e. The Labute approximate surface area is 161 Å². The van der Waals surface area contributed by atoms with Gasteiger partial charge in [-0.15, -0.1) is 0 Å². The lowest BCUT2D eigenvalue weighted by molar-refractivity contribution is -0.131. The zero-order chi connectivity index (χ0) is 19.4. The number of amides is 1. The highest BCUT2D eigenvalue weighted by Gasteiger charge is 2.30. The van der Waals surface area contributed by atoms with Crippen molar-refractivity contribution in [2.75, 3.05) is 23.9 Å². The molecule has 0 aromatic heterocycles. The number of benzene rings is 2.